The van der Waals surface area contributed by atoms with Gasteiger partial charge in [-0.1, -0.05) is 12.1 Å². The molecule has 0 spiro atoms. The van der Waals surface area contributed by atoms with Crippen molar-refractivity contribution in [3.05, 3.63) is 47.5 Å². The number of aromatic nitrogens is 2. The molecule has 2 aromatic rings. The fraction of sp³-hybridized carbons (Fsp3) is 0.182. The molecule has 0 N–H and O–H groups in total. The molecule has 1 aromatic heterocycles. The van der Waals surface area contributed by atoms with E-state index in [-0.39, 0.29) is 5.82 Å². The van der Waals surface area contributed by atoms with Gasteiger partial charge in [0.15, 0.2) is 0 Å². The Kier molecular flexibility index (Phi) is 2.08. The van der Waals surface area contributed by atoms with Crippen molar-refractivity contribution in [3.63, 3.8) is 0 Å². The molecule has 1 aromatic carbocycles. The van der Waals surface area contributed by atoms with E-state index in [2.05, 4.69) is 5.10 Å². The fourth-order valence-electron chi connectivity index (χ4n) is 1.36. The molecule has 72 valence electrons. The predicted octanol–water partition coefficient (Wildman–Crippen LogP) is 2.63. The highest BCUT2D eigenvalue weighted by molar-refractivity contribution is 5.35. The Morgan fingerprint density at radius 3 is 2.50 bits per heavy atom. The molecule has 0 bridgehead atoms. The molecule has 0 aliphatic carbocycles. The van der Waals surface area contributed by atoms with Gasteiger partial charge < -0.3 is 0 Å². The smallest absolute Gasteiger partial charge is 0.148 e. The number of aryl methyl sites for hydroxylation is 1. The number of benzene rings is 1. The molecule has 14 heavy (non-hydrogen) atoms. The molecule has 0 aliphatic heterocycles. The van der Waals surface area contributed by atoms with E-state index >= 15 is 0 Å². The lowest BCUT2D eigenvalue weighted by atomic mass is 10.2. The SMILES string of the molecule is Cc1cnn(-c2ccccc2F)c1C. The van der Waals surface area contributed by atoms with Gasteiger partial charge in [0, 0.05) is 5.69 Å². The van der Waals surface area contributed by atoms with Crippen LogP contribution in [0.2, 0.25) is 0 Å². The number of hydrogen-bond donors (Lipinski definition) is 0. The highest BCUT2D eigenvalue weighted by Gasteiger charge is 2.07. The van der Waals surface area contributed by atoms with Gasteiger partial charge in [-0.2, -0.15) is 5.10 Å². The van der Waals surface area contributed by atoms with E-state index in [0.29, 0.717) is 5.69 Å². The Hall–Kier alpha value is -1.64. The molecular weight excluding hydrogens is 179 g/mol. The van der Waals surface area contributed by atoms with Crippen LogP contribution in [0.15, 0.2) is 30.5 Å². The van der Waals surface area contributed by atoms with E-state index in [9.17, 15) is 4.39 Å². The maximum absolute atomic E-state index is 13.4. The Bertz CT molecular complexity index is 460. The van der Waals surface area contributed by atoms with E-state index in [0.717, 1.165) is 11.3 Å². The highest BCUT2D eigenvalue weighted by atomic mass is 19.1. The first-order valence-electron chi connectivity index (χ1n) is 4.46. The number of hydrogen-bond acceptors (Lipinski definition) is 1. The summed E-state index contributed by atoms with van der Waals surface area (Å²) in [6.45, 7) is 3.88. The van der Waals surface area contributed by atoms with Crippen LogP contribution in [0.25, 0.3) is 5.69 Å². The zero-order valence-electron chi connectivity index (χ0n) is 8.16. The van der Waals surface area contributed by atoms with Crippen molar-refractivity contribution in [1.82, 2.24) is 9.78 Å². The summed E-state index contributed by atoms with van der Waals surface area (Å²) in [5, 5.41) is 4.12. The van der Waals surface area contributed by atoms with Gasteiger partial charge in [0.2, 0.25) is 0 Å². The molecule has 1 heterocycles. The highest BCUT2D eigenvalue weighted by Crippen LogP contribution is 2.15. The predicted molar refractivity (Wildman–Crippen MR) is 53.0 cm³/mol. The minimum atomic E-state index is -0.251. The largest absolute Gasteiger partial charge is 0.235 e. The first-order valence-corrected chi connectivity index (χ1v) is 4.46. The van der Waals surface area contributed by atoms with Gasteiger partial charge in [0.05, 0.1) is 6.20 Å². The quantitative estimate of drug-likeness (QED) is 0.676. The topological polar surface area (TPSA) is 17.8 Å². The van der Waals surface area contributed by atoms with Gasteiger partial charge in [-0.25, -0.2) is 9.07 Å². The van der Waals surface area contributed by atoms with Crippen molar-refractivity contribution in [2.75, 3.05) is 0 Å². The number of nitrogens with zero attached hydrogens (tertiary/aromatic N) is 2. The first kappa shape index (κ1) is 8.94. The summed E-state index contributed by atoms with van der Waals surface area (Å²) in [7, 11) is 0. The molecule has 3 heteroatoms. The normalized spacial score (nSPS) is 10.5. The third kappa shape index (κ3) is 1.31. The summed E-state index contributed by atoms with van der Waals surface area (Å²) in [6, 6.07) is 6.62. The van der Waals surface area contributed by atoms with Crippen molar-refractivity contribution in [1.29, 1.82) is 0 Å². The van der Waals surface area contributed by atoms with E-state index in [4.69, 9.17) is 0 Å². The molecule has 0 saturated carbocycles. The number of para-hydroxylation sites is 1. The summed E-state index contributed by atoms with van der Waals surface area (Å²) in [5.41, 5.74) is 2.53. The van der Waals surface area contributed by atoms with Crippen LogP contribution in [0, 0.1) is 19.7 Å². The van der Waals surface area contributed by atoms with Gasteiger partial charge in [-0.05, 0) is 31.5 Å². The van der Waals surface area contributed by atoms with Crippen LogP contribution in [0.4, 0.5) is 4.39 Å². The summed E-state index contributed by atoms with van der Waals surface area (Å²) in [4.78, 5) is 0. The summed E-state index contributed by atoms with van der Waals surface area (Å²) >= 11 is 0. The van der Waals surface area contributed by atoms with Crippen LogP contribution >= 0.6 is 0 Å². The molecule has 0 aliphatic rings. The third-order valence-electron chi connectivity index (χ3n) is 2.34. The third-order valence-corrected chi connectivity index (χ3v) is 2.34. The minimum Gasteiger partial charge on any atom is -0.235 e. The standard InChI is InChI=1S/C11H11FN2/c1-8-7-13-14(9(8)2)11-6-4-3-5-10(11)12/h3-7H,1-2H3. The lowest BCUT2D eigenvalue weighted by Crippen LogP contribution is -2.01. The summed E-state index contributed by atoms with van der Waals surface area (Å²) in [5.74, 6) is -0.251. The average molecular weight is 190 g/mol. The number of rotatable bonds is 1. The van der Waals surface area contributed by atoms with Gasteiger partial charge in [0.1, 0.15) is 11.5 Å². The monoisotopic (exact) mass is 190 g/mol. The average Bonchev–Trinajstić information content (AvgIpc) is 2.49. The Balaban J connectivity index is 2.60. The second-order valence-electron chi connectivity index (χ2n) is 3.28. The van der Waals surface area contributed by atoms with E-state index in [1.54, 1.807) is 29.1 Å². The molecule has 0 fully saturated rings. The zero-order chi connectivity index (χ0) is 10.1. The lowest BCUT2D eigenvalue weighted by Gasteiger charge is -2.05. The molecule has 0 radical (unpaired) electrons. The van der Waals surface area contributed by atoms with Crippen LogP contribution in [-0.2, 0) is 0 Å². The van der Waals surface area contributed by atoms with E-state index in [1.807, 2.05) is 13.8 Å². The minimum absolute atomic E-state index is 0.251. The Labute approximate surface area is 82.0 Å². The first-order chi connectivity index (χ1) is 6.70. The second kappa shape index (κ2) is 3.25. The molecule has 0 unspecified atom stereocenters. The molecule has 2 nitrogen and oxygen atoms in total. The van der Waals surface area contributed by atoms with Crippen molar-refractivity contribution in [2.45, 2.75) is 13.8 Å². The molecule has 0 saturated heterocycles. The van der Waals surface area contributed by atoms with Crippen LogP contribution in [0.5, 0.6) is 0 Å². The van der Waals surface area contributed by atoms with Crippen LogP contribution in [0.3, 0.4) is 0 Å². The fourth-order valence-corrected chi connectivity index (χ4v) is 1.36. The maximum Gasteiger partial charge on any atom is 0.148 e. The van der Waals surface area contributed by atoms with Gasteiger partial charge in [-0.15, -0.1) is 0 Å². The van der Waals surface area contributed by atoms with Crippen molar-refractivity contribution >= 4 is 0 Å². The second-order valence-corrected chi connectivity index (χ2v) is 3.28. The van der Waals surface area contributed by atoms with E-state index in [1.165, 1.54) is 6.07 Å². The Morgan fingerprint density at radius 2 is 1.93 bits per heavy atom. The van der Waals surface area contributed by atoms with Crippen LogP contribution < -0.4 is 0 Å². The molecule has 2 rings (SSSR count). The van der Waals surface area contributed by atoms with Crippen LogP contribution in [-0.4, -0.2) is 9.78 Å². The molecule has 0 amide bonds. The zero-order valence-corrected chi connectivity index (χ0v) is 8.16. The maximum atomic E-state index is 13.4. The van der Waals surface area contributed by atoms with Crippen molar-refractivity contribution < 1.29 is 4.39 Å². The lowest BCUT2D eigenvalue weighted by molar-refractivity contribution is 0.608. The van der Waals surface area contributed by atoms with Gasteiger partial charge in [-0.3, -0.25) is 0 Å². The summed E-state index contributed by atoms with van der Waals surface area (Å²) < 4.78 is 15.0. The van der Waals surface area contributed by atoms with Crippen LogP contribution in [0.1, 0.15) is 11.3 Å². The summed E-state index contributed by atoms with van der Waals surface area (Å²) in [6.07, 6.45) is 1.74. The molecular formula is C11H11FN2. The molecule has 0 atom stereocenters. The van der Waals surface area contributed by atoms with Crippen molar-refractivity contribution in [3.8, 4) is 5.69 Å². The van der Waals surface area contributed by atoms with E-state index < -0.39 is 0 Å². The van der Waals surface area contributed by atoms with Crippen molar-refractivity contribution in [2.24, 2.45) is 0 Å². The Morgan fingerprint density at radius 1 is 1.21 bits per heavy atom. The number of halogens is 1. The van der Waals surface area contributed by atoms with Gasteiger partial charge >= 0.3 is 0 Å². The van der Waals surface area contributed by atoms with Gasteiger partial charge in [0.25, 0.3) is 0 Å².